The van der Waals surface area contributed by atoms with Crippen molar-refractivity contribution in [1.29, 1.82) is 0 Å². The van der Waals surface area contributed by atoms with Gasteiger partial charge >= 0.3 is 0 Å². The highest BCUT2D eigenvalue weighted by Crippen LogP contribution is 2.18. The number of aliphatic hydroxyl groups is 5. The molecule has 0 spiro atoms. The van der Waals surface area contributed by atoms with Crippen molar-refractivity contribution in [2.45, 2.75) is 13.3 Å². The molecule has 0 atom stereocenters. The van der Waals surface area contributed by atoms with E-state index in [-0.39, 0.29) is 33.0 Å². The van der Waals surface area contributed by atoms with Crippen LogP contribution in [0.3, 0.4) is 0 Å². The van der Waals surface area contributed by atoms with Gasteiger partial charge in [-0.3, -0.25) is 0 Å². The van der Waals surface area contributed by atoms with Crippen LogP contribution in [0.5, 0.6) is 0 Å². The predicted molar refractivity (Wildman–Crippen MR) is 48.2 cm³/mol. The summed E-state index contributed by atoms with van der Waals surface area (Å²) in [6.07, 6.45) is 0.594. The van der Waals surface area contributed by atoms with Crippen molar-refractivity contribution in [2.24, 2.45) is 5.41 Å². The van der Waals surface area contributed by atoms with Gasteiger partial charge in [0.25, 0.3) is 0 Å². The van der Waals surface area contributed by atoms with Gasteiger partial charge in [-0.2, -0.15) is 0 Å². The third kappa shape index (κ3) is 6.92. The number of hydrogen-bond donors (Lipinski definition) is 5. The topological polar surface area (TPSA) is 101 Å². The van der Waals surface area contributed by atoms with Crippen molar-refractivity contribution in [3.8, 4) is 0 Å². The maximum atomic E-state index is 8.66. The molecule has 0 aliphatic rings. The first-order valence-electron chi connectivity index (χ1n) is 4.20. The van der Waals surface area contributed by atoms with E-state index >= 15 is 0 Å². The second-order valence-corrected chi connectivity index (χ2v) is 2.78. The molecular formula is C8H20O5. The Morgan fingerprint density at radius 3 is 1.08 bits per heavy atom. The molecule has 0 aliphatic heterocycles. The molecule has 0 heterocycles. The Morgan fingerprint density at radius 1 is 0.769 bits per heavy atom. The SMILES string of the molecule is CCC(CO)(CO)CO.OCCO. The van der Waals surface area contributed by atoms with Gasteiger partial charge in [0.05, 0.1) is 33.0 Å². The Morgan fingerprint density at radius 2 is 1.08 bits per heavy atom. The first-order chi connectivity index (χ1) is 6.16. The summed E-state index contributed by atoms with van der Waals surface area (Å²) in [5.74, 6) is 0. The third-order valence-electron chi connectivity index (χ3n) is 1.86. The lowest BCUT2D eigenvalue weighted by atomic mass is 9.88. The van der Waals surface area contributed by atoms with E-state index in [9.17, 15) is 0 Å². The Labute approximate surface area is 78.3 Å². The minimum Gasteiger partial charge on any atom is -0.396 e. The van der Waals surface area contributed by atoms with Gasteiger partial charge in [0.2, 0.25) is 0 Å². The molecule has 0 unspecified atom stereocenters. The van der Waals surface area contributed by atoms with Gasteiger partial charge in [0.15, 0.2) is 0 Å². The second-order valence-electron chi connectivity index (χ2n) is 2.78. The van der Waals surface area contributed by atoms with Crippen LogP contribution in [0.15, 0.2) is 0 Å². The first kappa shape index (κ1) is 15.3. The maximum Gasteiger partial charge on any atom is 0.0662 e. The summed E-state index contributed by atoms with van der Waals surface area (Å²) < 4.78 is 0. The van der Waals surface area contributed by atoms with Crippen LogP contribution < -0.4 is 0 Å². The molecule has 0 rings (SSSR count). The Hall–Kier alpha value is -0.200. The van der Waals surface area contributed by atoms with E-state index < -0.39 is 5.41 Å². The summed E-state index contributed by atoms with van der Waals surface area (Å²) in [4.78, 5) is 0. The van der Waals surface area contributed by atoms with Gasteiger partial charge in [-0.25, -0.2) is 0 Å². The Balaban J connectivity index is 0. The predicted octanol–water partition coefficient (Wildman–Crippen LogP) is -1.67. The van der Waals surface area contributed by atoms with Crippen molar-refractivity contribution < 1.29 is 25.5 Å². The van der Waals surface area contributed by atoms with Crippen molar-refractivity contribution in [1.82, 2.24) is 0 Å². The van der Waals surface area contributed by atoms with Gasteiger partial charge in [0.1, 0.15) is 0 Å². The van der Waals surface area contributed by atoms with E-state index in [4.69, 9.17) is 25.5 Å². The fourth-order valence-electron chi connectivity index (χ4n) is 0.485. The molecule has 0 bridgehead atoms. The van der Waals surface area contributed by atoms with E-state index in [1.807, 2.05) is 6.92 Å². The third-order valence-corrected chi connectivity index (χ3v) is 1.86. The zero-order valence-corrected chi connectivity index (χ0v) is 7.98. The lowest BCUT2D eigenvalue weighted by Crippen LogP contribution is -2.32. The molecule has 5 N–H and O–H groups in total. The smallest absolute Gasteiger partial charge is 0.0662 e. The highest BCUT2D eigenvalue weighted by Gasteiger charge is 2.24. The summed E-state index contributed by atoms with van der Waals surface area (Å²) in [7, 11) is 0. The van der Waals surface area contributed by atoms with Crippen LogP contribution in [0.2, 0.25) is 0 Å². The molecule has 0 radical (unpaired) electrons. The van der Waals surface area contributed by atoms with E-state index in [0.29, 0.717) is 6.42 Å². The summed E-state index contributed by atoms with van der Waals surface area (Å²) in [6.45, 7) is 1.10. The van der Waals surface area contributed by atoms with Crippen LogP contribution in [-0.4, -0.2) is 58.6 Å². The molecule has 0 fully saturated rings. The number of hydrogen-bond acceptors (Lipinski definition) is 5. The van der Waals surface area contributed by atoms with Crippen LogP contribution in [0, 0.1) is 5.41 Å². The summed E-state index contributed by atoms with van der Waals surface area (Å²) >= 11 is 0. The summed E-state index contributed by atoms with van der Waals surface area (Å²) in [6, 6.07) is 0. The van der Waals surface area contributed by atoms with Crippen LogP contribution in [0.25, 0.3) is 0 Å². The zero-order chi connectivity index (χ0) is 10.7. The Kier molecular flexibility index (Phi) is 11.6. The molecule has 0 aliphatic carbocycles. The molecule has 0 amide bonds. The van der Waals surface area contributed by atoms with Crippen molar-refractivity contribution in [3.63, 3.8) is 0 Å². The van der Waals surface area contributed by atoms with E-state index in [0.717, 1.165) is 0 Å². The van der Waals surface area contributed by atoms with Crippen molar-refractivity contribution >= 4 is 0 Å². The first-order valence-corrected chi connectivity index (χ1v) is 4.20. The van der Waals surface area contributed by atoms with E-state index in [2.05, 4.69) is 0 Å². The van der Waals surface area contributed by atoms with E-state index in [1.165, 1.54) is 0 Å². The minimum atomic E-state index is -0.667. The highest BCUT2D eigenvalue weighted by atomic mass is 16.3. The average molecular weight is 196 g/mol. The van der Waals surface area contributed by atoms with Crippen molar-refractivity contribution in [3.05, 3.63) is 0 Å². The standard InChI is InChI=1S/C6H14O3.C2H6O2/c1-2-6(3-7,4-8)5-9;3-1-2-4/h7-9H,2-5H2,1H3;3-4H,1-2H2. The monoisotopic (exact) mass is 196 g/mol. The molecular weight excluding hydrogens is 176 g/mol. The number of aliphatic hydroxyl groups excluding tert-OH is 5. The van der Waals surface area contributed by atoms with Crippen LogP contribution >= 0.6 is 0 Å². The lowest BCUT2D eigenvalue weighted by molar-refractivity contribution is 0.00304. The largest absolute Gasteiger partial charge is 0.396 e. The molecule has 13 heavy (non-hydrogen) atoms. The van der Waals surface area contributed by atoms with Crippen molar-refractivity contribution in [2.75, 3.05) is 33.0 Å². The van der Waals surface area contributed by atoms with E-state index in [1.54, 1.807) is 0 Å². The highest BCUT2D eigenvalue weighted by molar-refractivity contribution is 4.74. The fraction of sp³-hybridized carbons (Fsp3) is 1.00. The zero-order valence-electron chi connectivity index (χ0n) is 7.98. The second kappa shape index (κ2) is 9.88. The fourth-order valence-corrected chi connectivity index (χ4v) is 0.485. The molecule has 0 saturated heterocycles. The molecule has 0 saturated carbocycles. The molecule has 5 heteroatoms. The van der Waals surface area contributed by atoms with Gasteiger partial charge in [-0.15, -0.1) is 0 Å². The van der Waals surface area contributed by atoms with Gasteiger partial charge in [-0.05, 0) is 6.42 Å². The van der Waals surface area contributed by atoms with Gasteiger partial charge in [-0.1, -0.05) is 6.92 Å². The number of rotatable bonds is 5. The quantitative estimate of drug-likeness (QED) is 0.362. The van der Waals surface area contributed by atoms with Gasteiger partial charge in [0, 0.05) is 5.41 Å². The summed E-state index contributed by atoms with van der Waals surface area (Å²) in [5, 5.41) is 41.2. The maximum absolute atomic E-state index is 8.66. The summed E-state index contributed by atoms with van der Waals surface area (Å²) in [5.41, 5.74) is -0.667. The molecule has 0 aromatic carbocycles. The Bertz CT molecular complexity index is 73.0. The molecule has 5 nitrogen and oxygen atoms in total. The lowest BCUT2D eigenvalue weighted by Gasteiger charge is -2.24. The van der Waals surface area contributed by atoms with Crippen LogP contribution in [0.4, 0.5) is 0 Å². The molecule has 0 aromatic rings. The minimum absolute atomic E-state index is 0.125. The van der Waals surface area contributed by atoms with Gasteiger partial charge < -0.3 is 25.5 Å². The molecule has 82 valence electrons. The normalized spacial score (nSPS) is 10.6. The van der Waals surface area contributed by atoms with Crippen LogP contribution in [-0.2, 0) is 0 Å². The average Bonchev–Trinajstić information content (AvgIpc) is 2.23. The molecule has 0 aromatic heterocycles. The van der Waals surface area contributed by atoms with Crippen LogP contribution in [0.1, 0.15) is 13.3 Å².